The number of rotatable bonds is 5. The van der Waals surface area contributed by atoms with Gasteiger partial charge in [-0.1, -0.05) is 39.0 Å². The molecule has 0 saturated carbocycles. The van der Waals surface area contributed by atoms with Crippen molar-refractivity contribution >= 4 is 0 Å². The molecule has 0 aromatic heterocycles. The Hall–Kier alpha value is -1.24. The van der Waals surface area contributed by atoms with Crippen LogP contribution >= 0.6 is 0 Å². The Morgan fingerprint density at radius 3 is 2.19 bits per heavy atom. The van der Waals surface area contributed by atoms with Crippen LogP contribution < -0.4 is 4.74 Å². The fourth-order valence-corrected chi connectivity index (χ4v) is 1.62. The van der Waals surface area contributed by atoms with Gasteiger partial charge >= 0.3 is 0 Å². The number of ether oxygens (including phenoxy) is 1. The minimum absolute atomic E-state index is 0.596. The third-order valence-electron chi connectivity index (χ3n) is 2.53. The van der Waals surface area contributed by atoms with Gasteiger partial charge in [0.2, 0.25) is 0 Å². The van der Waals surface area contributed by atoms with E-state index in [0.717, 1.165) is 18.6 Å². The molecule has 0 saturated heterocycles. The smallest absolute Gasteiger partial charge is 0.118 e. The molecule has 1 nitrogen and oxygen atoms in total. The molecule has 0 aliphatic rings. The van der Waals surface area contributed by atoms with Crippen molar-refractivity contribution in [3.05, 3.63) is 42.5 Å². The first-order valence-corrected chi connectivity index (χ1v) is 6.06. The first kappa shape index (κ1) is 14.8. The Labute approximate surface area is 100 Å². The number of methoxy groups -OCH3 is 1. The topological polar surface area (TPSA) is 9.23 Å². The van der Waals surface area contributed by atoms with E-state index >= 15 is 0 Å². The molecule has 1 aromatic rings. The fourth-order valence-electron chi connectivity index (χ4n) is 1.62. The van der Waals surface area contributed by atoms with Crippen LogP contribution in [0.4, 0.5) is 0 Å². The van der Waals surface area contributed by atoms with Gasteiger partial charge in [-0.2, -0.15) is 0 Å². The highest BCUT2D eigenvalue weighted by Gasteiger charge is 2.06. The summed E-state index contributed by atoms with van der Waals surface area (Å²) in [6.07, 6.45) is 4.18. The minimum Gasteiger partial charge on any atom is -0.497 e. The van der Waals surface area contributed by atoms with E-state index in [1.165, 1.54) is 5.56 Å². The van der Waals surface area contributed by atoms with Crippen LogP contribution in [-0.2, 0) is 0 Å². The van der Waals surface area contributed by atoms with Crippen molar-refractivity contribution in [2.75, 3.05) is 7.11 Å². The fraction of sp³-hybridized carbons (Fsp3) is 0.467. The second kappa shape index (κ2) is 9.02. The van der Waals surface area contributed by atoms with E-state index in [-0.39, 0.29) is 0 Å². The lowest BCUT2D eigenvalue weighted by atomic mass is 9.93. The molecular formula is C15H24O. The predicted molar refractivity (Wildman–Crippen MR) is 72.2 cm³/mol. The number of allylic oxidation sites excluding steroid dienone is 1. The van der Waals surface area contributed by atoms with Crippen molar-refractivity contribution < 1.29 is 4.74 Å². The van der Waals surface area contributed by atoms with Crippen molar-refractivity contribution in [1.29, 1.82) is 0 Å². The summed E-state index contributed by atoms with van der Waals surface area (Å²) in [6.45, 7) is 9.99. The van der Waals surface area contributed by atoms with E-state index in [2.05, 4.69) is 25.6 Å². The molecule has 1 aromatic carbocycles. The highest BCUT2D eigenvalue weighted by Crippen LogP contribution is 2.25. The zero-order valence-corrected chi connectivity index (χ0v) is 11.0. The van der Waals surface area contributed by atoms with Gasteiger partial charge in [-0.3, -0.25) is 0 Å². The molecule has 0 heterocycles. The van der Waals surface area contributed by atoms with Gasteiger partial charge in [-0.25, -0.2) is 0 Å². The molecule has 0 amide bonds. The summed E-state index contributed by atoms with van der Waals surface area (Å²) in [6, 6.07) is 8.30. The molecule has 90 valence electrons. The van der Waals surface area contributed by atoms with Crippen LogP contribution in [0, 0.1) is 0 Å². The molecule has 16 heavy (non-hydrogen) atoms. The quantitative estimate of drug-likeness (QED) is 0.648. The van der Waals surface area contributed by atoms with Crippen LogP contribution in [0.3, 0.4) is 0 Å². The first-order valence-electron chi connectivity index (χ1n) is 6.06. The molecule has 0 bridgehead atoms. The molecule has 1 unspecified atom stereocenters. The molecule has 1 heteroatoms. The molecule has 0 radical (unpaired) electrons. The van der Waals surface area contributed by atoms with Gasteiger partial charge in [0.15, 0.2) is 0 Å². The van der Waals surface area contributed by atoms with Crippen LogP contribution in [0.25, 0.3) is 0 Å². The lowest BCUT2D eigenvalue weighted by Crippen LogP contribution is -1.95. The van der Waals surface area contributed by atoms with Crippen LogP contribution in [0.15, 0.2) is 36.9 Å². The normalized spacial score (nSPS) is 11.0. The van der Waals surface area contributed by atoms with Crippen molar-refractivity contribution in [3.63, 3.8) is 0 Å². The summed E-state index contributed by atoms with van der Waals surface area (Å²) in [4.78, 5) is 0. The number of hydrogen-bond donors (Lipinski definition) is 0. The van der Waals surface area contributed by atoms with Crippen molar-refractivity contribution in [3.8, 4) is 5.75 Å². The van der Waals surface area contributed by atoms with Gasteiger partial charge in [-0.15, -0.1) is 6.58 Å². The second-order valence-electron chi connectivity index (χ2n) is 3.40. The van der Waals surface area contributed by atoms with Gasteiger partial charge in [0.05, 0.1) is 7.11 Å². The maximum Gasteiger partial charge on any atom is 0.118 e. The SMILES string of the molecule is C=CCC(CC)c1ccc(OC)cc1.CC. The maximum atomic E-state index is 5.12. The molecular weight excluding hydrogens is 196 g/mol. The predicted octanol–water partition coefficient (Wildman–Crippen LogP) is 4.79. The van der Waals surface area contributed by atoms with Crippen LogP contribution in [0.1, 0.15) is 45.1 Å². The average Bonchev–Trinajstić information content (AvgIpc) is 2.38. The molecule has 0 aliphatic carbocycles. The van der Waals surface area contributed by atoms with E-state index in [9.17, 15) is 0 Å². The standard InChI is InChI=1S/C13H18O.C2H6/c1-4-6-11(5-2)12-7-9-13(14-3)10-8-12;1-2/h4,7-11H,1,5-6H2,2-3H3;1-2H3. The first-order chi connectivity index (χ1) is 7.81. The van der Waals surface area contributed by atoms with E-state index in [1.54, 1.807) is 7.11 Å². The molecule has 0 aliphatic heterocycles. The highest BCUT2D eigenvalue weighted by molar-refractivity contribution is 5.29. The zero-order valence-electron chi connectivity index (χ0n) is 11.0. The van der Waals surface area contributed by atoms with Crippen molar-refractivity contribution in [1.82, 2.24) is 0 Å². The summed E-state index contributed by atoms with van der Waals surface area (Å²) >= 11 is 0. The lowest BCUT2D eigenvalue weighted by molar-refractivity contribution is 0.414. The number of benzene rings is 1. The zero-order chi connectivity index (χ0) is 12.4. The largest absolute Gasteiger partial charge is 0.497 e. The van der Waals surface area contributed by atoms with E-state index in [1.807, 2.05) is 32.1 Å². The van der Waals surface area contributed by atoms with Crippen molar-refractivity contribution in [2.24, 2.45) is 0 Å². The van der Waals surface area contributed by atoms with E-state index < -0.39 is 0 Å². The number of hydrogen-bond acceptors (Lipinski definition) is 1. The van der Waals surface area contributed by atoms with Gasteiger partial charge in [0.25, 0.3) is 0 Å². The Kier molecular flexibility index (Phi) is 8.32. The third kappa shape index (κ3) is 4.52. The van der Waals surface area contributed by atoms with Gasteiger partial charge in [-0.05, 0) is 36.5 Å². The Balaban J connectivity index is 0.00000106. The average molecular weight is 220 g/mol. The molecule has 0 N–H and O–H groups in total. The molecule has 1 rings (SSSR count). The molecule has 0 fully saturated rings. The summed E-state index contributed by atoms with van der Waals surface area (Å²) in [5.74, 6) is 1.51. The van der Waals surface area contributed by atoms with Gasteiger partial charge < -0.3 is 4.74 Å². The van der Waals surface area contributed by atoms with Crippen molar-refractivity contribution in [2.45, 2.75) is 39.5 Å². The Morgan fingerprint density at radius 1 is 1.25 bits per heavy atom. The third-order valence-corrected chi connectivity index (χ3v) is 2.53. The van der Waals surface area contributed by atoms with Crippen LogP contribution in [0.2, 0.25) is 0 Å². The summed E-state index contributed by atoms with van der Waals surface area (Å²) in [7, 11) is 1.69. The van der Waals surface area contributed by atoms with Crippen LogP contribution in [-0.4, -0.2) is 7.11 Å². The summed E-state index contributed by atoms with van der Waals surface area (Å²) in [5, 5.41) is 0. The Morgan fingerprint density at radius 2 is 1.81 bits per heavy atom. The van der Waals surface area contributed by atoms with Gasteiger partial charge in [0, 0.05) is 0 Å². The highest BCUT2D eigenvalue weighted by atomic mass is 16.5. The summed E-state index contributed by atoms with van der Waals surface area (Å²) < 4.78 is 5.12. The summed E-state index contributed by atoms with van der Waals surface area (Å²) in [5.41, 5.74) is 1.37. The monoisotopic (exact) mass is 220 g/mol. The maximum absolute atomic E-state index is 5.12. The van der Waals surface area contributed by atoms with E-state index in [4.69, 9.17) is 4.74 Å². The Bertz CT molecular complexity index is 274. The molecule has 1 atom stereocenters. The molecule has 0 spiro atoms. The second-order valence-corrected chi connectivity index (χ2v) is 3.40. The van der Waals surface area contributed by atoms with E-state index in [0.29, 0.717) is 5.92 Å². The van der Waals surface area contributed by atoms with Crippen LogP contribution in [0.5, 0.6) is 5.75 Å². The lowest BCUT2D eigenvalue weighted by Gasteiger charge is -2.13. The van der Waals surface area contributed by atoms with Gasteiger partial charge in [0.1, 0.15) is 5.75 Å². The minimum atomic E-state index is 0.596.